The molecular formula is C17H25NO2. The number of rotatable bonds is 5. The minimum Gasteiger partial charge on any atom is -0.457 e. The number of anilines is 1. The molecule has 1 rings (SSSR count). The van der Waals surface area contributed by atoms with Crippen molar-refractivity contribution in [3.8, 4) is 0 Å². The fraction of sp³-hybridized carbons (Fsp3) is 0.471. The Hall–Kier alpha value is -1.77. The van der Waals surface area contributed by atoms with Crippen molar-refractivity contribution in [1.29, 1.82) is 0 Å². The summed E-state index contributed by atoms with van der Waals surface area (Å²) in [5.41, 5.74) is 1.74. The lowest BCUT2D eigenvalue weighted by atomic mass is 10.1. The monoisotopic (exact) mass is 275 g/mol. The number of esters is 1. The van der Waals surface area contributed by atoms with Gasteiger partial charge in [0, 0.05) is 24.9 Å². The fourth-order valence-electron chi connectivity index (χ4n) is 1.89. The first-order valence-electron chi connectivity index (χ1n) is 7.11. The van der Waals surface area contributed by atoms with Gasteiger partial charge in [0.15, 0.2) is 0 Å². The molecule has 0 heterocycles. The van der Waals surface area contributed by atoms with Crippen molar-refractivity contribution in [2.45, 2.75) is 40.2 Å². The molecule has 1 aromatic carbocycles. The molecule has 0 unspecified atom stereocenters. The average Bonchev–Trinajstić information content (AvgIpc) is 2.37. The van der Waals surface area contributed by atoms with Gasteiger partial charge in [0.25, 0.3) is 0 Å². The van der Waals surface area contributed by atoms with Gasteiger partial charge in [-0.15, -0.1) is 0 Å². The van der Waals surface area contributed by atoms with E-state index in [0.717, 1.165) is 18.7 Å². The van der Waals surface area contributed by atoms with Crippen LogP contribution in [0.4, 0.5) is 5.69 Å². The van der Waals surface area contributed by atoms with Gasteiger partial charge in [-0.3, -0.25) is 0 Å². The van der Waals surface area contributed by atoms with E-state index in [-0.39, 0.29) is 5.97 Å². The van der Waals surface area contributed by atoms with Gasteiger partial charge in [-0.05, 0) is 58.4 Å². The predicted molar refractivity (Wildman–Crippen MR) is 84.9 cm³/mol. The van der Waals surface area contributed by atoms with E-state index < -0.39 is 5.60 Å². The largest absolute Gasteiger partial charge is 0.457 e. The Morgan fingerprint density at radius 2 is 1.70 bits per heavy atom. The maximum absolute atomic E-state index is 11.6. The molecule has 0 aromatic heterocycles. The second kappa shape index (κ2) is 7.13. The first-order valence-corrected chi connectivity index (χ1v) is 7.11. The second-order valence-electron chi connectivity index (χ2n) is 5.63. The van der Waals surface area contributed by atoms with Gasteiger partial charge in [-0.25, -0.2) is 4.79 Å². The van der Waals surface area contributed by atoms with Gasteiger partial charge in [0.05, 0.1) is 0 Å². The summed E-state index contributed by atoms with van der Waals surface area (Å²) < 4.78 is 5.22. The van der Waals surface area contributed by atoms with Crippen LogP contribution in [0.1, 0.15) is 40.2 Å². The van der Waals surface area contributed by atoms with Gasteiger partial charge in [-0.2, -0.15) is 0 Å². The van der Waals surface area contributed by atoms with Crippen LogP contribution in [0.3, 0.4) is 0 Å². The number of carbonyl (C=O) groups is 1. The number of nitrogens with zero attached hydrogens (tertiary/aromatic N) is 1. The molecule has 0 spiro atoms. The van der Waals surface area contributed by atoms with Gasteiger partial charge < -0.3 is 9.64 Å². The average molecular weight is 275 g/mol. The molecule has 0 aliphatic rings. The summed E-state index contributed by atoms with van der Waals surface area (Å²) in [6.45, 7) is 11.8. The molecular weight excluding hydrogens is 250 g/mol. The highest BCUT2D eigenvalue weighted by Crippen LogP contribution is 2.16. The molecule has 1 aromatic rings. The zero-order valence-corrected chi connectivity index (χ0v) is 13.1. The lowest BCUT2D eigenvalue weighted by Crippen LogP contribution is -2.22. The van der Waals surface area contributed by atoms with Crippen LogP contribution in [-0.4, -0.2) is 24.7 Å². The van der Waals surface area contributed by atoms with Gasteiger partial charge in [0.1, 0.15) is 5.60 Å². The molecule has 3 heteroatoms. The van der Waals surface area contributed by atoms with E-state index in [1.54, 1.807) is 6.08 Å². The number of carbonyl (C=O) groups excluding carboxylic acids is 1. The van der Waals surface area contributed by atoms with Crippen LogP contribution in [0.15, 0.2) is 30.3 Å². The SMILES string of the molecule is CCN(CC)c1ccc(/C=C/C(=O)OC(C)(C)C)cc1. The maximum Gasteiger partial charge on any atom is 0.331 e. The standard InChI is InChI=1S/C17H25NO2/c1-6-18(7-2)15-11-8-14(9-12-15)10-13-16(19)20-17(3,4)5/h8-13H,6-7H2,1-5H3/b13-10+. The Morgan fingerprint density at radius 1 is 1.15 bits per heavy atom. The predicted octanol–water partition coefficient (Wildman–Crippen LogP) is 3.89. The van der Waals surface area contributed by atoms with E-state index in [2.05, 4.69) is 30.9 Å². The van der Waals surface area contributed by atoms with E-state index in [0.29, 0.717) is 0 Å². The lowest BCUT2D eigenvalue weighted by molar-refractivity contribution is -0.148. The molecule has 0 aliphatic carbocycles. The van der Waals surface area contributed by atoms with Gasteiger partial charge in [0.2, 0.25) is 0 Å². The lowest BCUT2D eigenvalue weighted by Gasteiger charge is -2.20. The molecule has 0 aliphatic heterocycles. The Balaban J connectivity index is 2.68. The summed E-state index contributed by atoms with van der Waals surface area (Å²) in [6, 6.07) is 8.16. The first-order chi connectivity index (χ1) is 9.35. The molecule has 0 radical (unpaired) electrons. The summed E-state index contributed by atoms with van der Waals surface area (Å²) in [5, 5.41) is 0. The third-order valence-electron chi connectivity index (χ3n) is 2.84. The normalized spacial score (nSPS) is 11.7. The smallest absolute Gasteiger partial charge is 0.331 e. The van der Waals surface area contributed by atoms with Gasteiger partial charge in [-0.1, -0.05) is 12.1 Å². The highest BCUT2D eigenvalue weighted by Gasteiger charge is 2.13. The molecule has 0 atom stereocenters. The Labute approximate surface area is 122 Å². The number of benzene rings is 1. The van der Waals surface area contributed by atoms with Crippen molar-refractivity contribution in [2.75, 3.05) is 18.0 Å². The highest BCUT2D eigenvalue weighted by atomic mass is 16.6. The topological polar surface area (TPSA) is 29.5 Å². The van der Waals surface area contributed by atoms with E-state index in [4.69, 9.17) is 4.74 Å². The fourth-order valence-corrected chi connectivity index (χ4v) is 1.89. The third-order valence-corrected chi connectivity index (χ3v) is 2.84. The summed E-state index contributed by atoms with van der Waals surface area (Å²) in [6.07, 6.45) is 3.25. The van der Waals surface area contributed by atoms with Crippen molar-refractivity contribution in [3.63, 3.8) is 0 Å². The van der Waals surface area contributed by atoms with Crippen molar-refractivity contribution in [2.24, 2.45) is 0 Å². The summed E-state index contributed by atoms with van der Waals surface area (Å²) in [5.74, 6) is -0.315. The number of hydrogen-bond donors (Lipinski definition) is 0. The molecule has 20 heavy (non-hydrogen) atoms. The quantitative estimate of drug-likeness (QED) is 0.603. The first kappa shape index (κ1) is 16.3. The van der Waals surface area contributed by atoms with E-state index in [1.165, 1.54) is 11.8 Å². The molecule has 0 amide bonds. The molecule has 0 N–H and O–H groups in total. The maximum atomic E-state index is 11.6. The van der Waals surface area contributed by atoms with E-state index >= 15 is 0 Å². The minimum absolute atomic E-state index is 0.315. The van der Waals surface area contributed by atoms with Crippen LogP contribution in [-0.2, 0) is 9.53 Å². The molecule has 0 saturated heterocycles. The Bertz CT molecular complexity index is 451. The molecule has 0 bridgehead atoms. The van der Waals surface area contributed by atoms with Crippen LogP contribution in [0.5, 0.6) is 0 Å². The highest BCUT2D eigenvalue weighted by molar-refractivity contribution is 5.87. The van der Waals surface area contributed by atoms with Crippen LogP contribution < -0.4 is 4.90 Å². The number of hydrogen-bond acceptors (Lipinski definition) is 3. The van der Waals surface area contributed by atoms with Crippen molar-refractivity contribution < 1.29 is 9.53 Å². The van der Waals surface area contributed by atoms with Crippen LogP contribution in [0, 0.1) is 0 Å². The molecule has 3 nitrogen and oxygen atoms in total. The van der Waals surface area contributed by atoms with Crippen LogP contribution in [0.25, 0.3) is 6.08 Å². The zero-order valence-electron chi connectivity index (χ0n) is 13.1. The Kier molecular flexibility index (Phi) is 5.81. The summed E-state index contributed by atoms with van der Waals surface area (Å²) >= 11 is 0. The third kappa shape index (κ3) is 5.47. The Morgan fingerprint density at radius 3 is 2.15 bits per heavy atom. The van der Waals surface area contributed by atoms with Crippen LogP contribution >= 0.6 is 0 Å². The van der Waals surface area contributed by atoms with E-state index in [9.17, 15) is 4.79 Å². The summed E-state index contributed by atoms with van der Waals surface area (Å²) in [7, 11) is 0. The van der Waals surface area contributed by atoms with Crippen molar-refractivity contribution in [3.05, 3.63) is 35.9 Å². The van der Waals surface area contributed by atoms with Crippen LogP contribution in [0.2, 0.25) is 0 Å². The number of ether oxygens (including phenoxy) is 1. The molecule has 0 saturated carbocycles. The molecule has 110 valence electrons. The van der Waals surface area contributed by atoms with Crippen molar-refractivity contribution >= 4 is 17.7 Å². The molecule has 0 fully saturated rings. The summed E-state index contributed by atoms with van der Waals surface area (Å²) in [4.78, 5) is 13.9. The zero-order chi connectivity index (χ0) is 15.2. The van der Waals surface area contributed by atoms with Gasteiger partial charge >= 0.3 is 5.97 Å². The van der Waals surface area contributed by atoms with Crippen molar-refractivity contribution in [1.82, 2.24) is 0 Å². The second-order valence-corrected chi connectivity index (χ2v) is 5.63. The van der Waals surface area contributed by atoms with E-state index in [1.807, 2.05) is 32.9 Å². The minimum atomic E-state index is -0.450.